The third-order valence-electron chi connectivity index (χ3n) is 5.03. The molecule has 0 saturated carbocycles. The molecule has 4 rings (SSSR count). The molecule has 1 aromatic heterocycles. The highest BCUT2D eigenvalue weighted by Gasteiger charge is 2.38. The van der Waals surface area contributed by atoms with E-state index < -0.39 is 15.1 Å². The fourth-order valence-corrected chi connectivity index (χ4v) is 5.71. The van der Waals surface area contributed by atoms with Crippen LogP contribution in [0.4, 0.5) is 5.88 Å². The van der Waals surface area contributed by atoms with Crippen LogP contribution in [0.2, 0.25) is 5.02 Å². The van der Waals surface area contributed by atoms with Crippen molar-refractivity contribution in [1.29, 1.82) is 0 Å². The zero-order valence-corrected chi connectivity index (χ0v) is 16.1. The van der Waals surface area contributed by atoms with Gasteiger partial charge in [-0.15, -0.1) is 0 Å². The van der Waals surface area contributed by atoms with Gasteiger partial charge < -0.3 is 9.32 Å². The van der Waals surface area contributed by atoms with Crippen molar-refractivity contribution in [3.05, 3.63) is 77.8 Å². The van der Waals surface area contributed by atoms with Crippen molar-refractivity contribution in [3.8, 4) is 0 Å². The molecule has 0 amide bonds. The van der Waals surface area contributed by atoms with Gasteiger partial charge in [-0.05, 0) is 36.6 Å². The van der Waals surface area contributed by atoms with Crippen LogP contribution in [0.15, 0.2) is 76.5 Å². The fourth-order valence-electron chi connectivity index (χ4n) is 3.67. The number of halogens is 1. The minimum Gasteiger partial charge on any atom is -0.428 e. The molecule has 2 unspecified atom stereocenters. The summed E-state index contributed by atoms with van der Waals surface area (Å²) >= 11 is 6.44. The highest BCUT2D eigenvalue weighted by molar-refractivity contribution is 7.92. The first-order chi connectivity index (χ1) is 13.1. The van der Waals surface area contributed by atoms with Crippen LogP contribution in [0.3, 0.4) is 0 Å². The van der Waals surface area contributed by atoms with E-state index in [1.165, 1.54) is 6.39 Å². The van der Waals surface area contributed by atoms with Crippen molar-refractivity contribution >= 4 is 27.3 Å². The average molecular weight is 403 g/mol. The van der Waals surface area contributed by atoms with Crippen molar-refractivity contribution in [2.24, 2.45) is 0 Å². The van der Waals surface area contributed by atoms with Crippen LogP contribution in [0.5, 0.6) is 0 Å². The Hall–Kier alpha value is -2.31. The second-order valence-electron chi connectivity index (χ2n) is 6.57. The van der Waals surface area contributed by atoms with E-state index in [1.807, 2.05) is 35.2 Å². The summed E-state index contributed by atoms with van der Waals surface area (Å²) in [6.45, 7) is 0.543. The van der Waals surface area contributed by atoms with Gasteiger partial charge in [-0.2, -0.15) is 0 Å². The first-order valence-corrected chi connectivity index (χ1v) is 10.7. The van der Waals surface area contributed by atoms with E-state index >= 15 is 0 Å². The molecular weight excluding hydrogens is 384 g/mol. The van der Waals surface area contributed by atoms with Crippen LogP contribution < -0.4 is 4.90 Å². The molecule has 1 saturated heterocycles. The third-order valence-corrected chi connectivity index (χ3v) is 7.61. The summed E-state index contributed by atoms with van der Waals surface area (Å²) in [5.74, 6) is 0.621. The Balaban J connectivity index is 1.71. The van der Waals surface area contributed by atoms with E-state index in [0.29, 0.717) is 35.2 Å². The van der Waals surface area contributed by atoms with Gasteiger partial charge >= 0.3 is 0 Å². The largest absolute Gasteiger partial charge is 0.428 e. The summed E-state index contributed by atoms with van der Waals surface area (Å²) in [7, 11) is -3.42. The molecule has 140 valence electrons. The number of nitrogens with zero attached hydrogens (tertiary/aromatic N) is 2. The number of anilines is 1. The highest BCUT2D eigenvalue weighted by atomic mass is 35.5. The fraction of sp³-hybridized carbons (Fsp3) is 0.250. The van der Waals surface area contributed by atoms with Crippen LogP contribution in [0, 0.1) is 0 Å². The van der Waals surface area contributed by atoms with Crippen molar-refractivity contribution in [3.63, 3.8) is 0 Å². The van der Waals surface area contributed by atoms with Crippen LogP contribution in [-0.4, -0.2) is 25.2 Å². The molecule has 1 aliphatic heterocycles. The molecule has 0 radical (unpaired) electrons. The summed E-state index contributed by atoms with van der Waals surface area (Å²) in [4.78, 5) is 6.41. The molecule has 5 nitrogen and oxygen atoms in total. The Morgan fingerprint density at radius 3 is 2.52 bits per heavy atom. The lowest BCUT2D eigenvalue weighted by molar-refractivity contribution is 0.425. The van der Waals surface area contributed by atoms with Crippen molar-refractivity contribution < 1.29 is 12.8 Å². The van der Waals surface area contributed by atoms with Crippen LogP contribution >= 0.6 is 11.6 Å². The maximum Gasteiger partial charge on any atom is 0.216 e. The normalized spacial score (nSPS) is 20.6. The molecule has 0 N–H and O–H groups in total. The second-order valence-corrected chi connectivity index (χ2v) is 9.21. The van der Waals surface area contributed by atoms with Gasteiger partial charge in [0.05, 0.1) is 22.4 Å². The van der Waals surface area contributed by atoms with E-state index in [9.17, 15) is 8.42 Å². The molecule has 1 aliphatic rings. The monoisotopic (exact) mass is 402 g/mol. The molecule has 2 atom stereocenters. The van der Waals surface area contributed by atoms with Crippen molar-refractivity contribution in [1.82, 2.24) is 4.98 Å². The number of rotatable bonds is 4. The molecule has 2 aromatic carbocycles. The number of hydrogen-bond acceptors (Lipinski definition) is 5. The van der Waals surface area contributed by atoms with Gasteiger partial charge in [-0.25, -0.2) is 13.4 Å². The maximum absolute atomic E-state index is 13.2. The smallest absolute Gasteiger partial charge is 0.216 e. The van der Waals surface area contributed by atoms with Gasteiger partial charge in [0, 0.05) is 11.6 Å². The summed E-state index contributed by atoms with van der Waals surface area (Å²) in [6.07, 6.45) is 3.97. The SMILES string of the molecule is O=S(=O)(c1ccccc1)C1CCN(c2cnco2)C(c2ccccc2Cl)C1. The standard InChI is InChI=1S/C20H19ClN2O3S/c21-18-9-5-4-8-17(18)19-12-16(10-11-23(19)20-13-22-14-26-20)27(24,25)15-6-2-1-3-7-15/h1-9,13-14,16,19H,10-12H2. The molecule has 0 aliphatic carbocycles. The highest BCUT2D eigenvalue weighted by Crippen LogP contribution is 2.40. The van der Waals surface area contributed by atoms with E-state index in [0.717, 1.165) is 5.56 Å². The molecule has 0 bridgehead atoms. The van der Waals surface area contributed by atoms with E-state index in [-0.39, 0.29) is 6.04 Å². The molecule has 1 fully saturated rings. The Bertz CT molecular complexity index is 1010. The summed E-state index contributed by atoms with van der Waals surface area (Å²) in [5, 5.41) is 0.130. The minimum absolute atomic E-state index is 0.205. The Kier molecular flexibility index (Phi) is 4.93. The van der Waals surface area contributed by atoms with E-state index in [1.54, 1.807) is 30.5 Å². The van der Waals surface area contributed by atoms with Crippen molar-refractivity contribution in [2.45, 2.75) is 29.0 Å². The number of sulfone groups is 1. The molecule has 0 spiro atoms. The van der Waals surface area contributed by atoms with Gasteiger partial charge in [-0.3, -0.25) is 0 Å². The minimum atomic E-state index is -3.42. The number of hydrogen-bond donors (Lipinski definition) is 0. The predicted octanol–water partition coefficient (Wildman–Crippen LogP) is 4.51. The Morgan fingerprint density at radius 1 is 1.07 bits per heavy atom. The maximum atomic E-state index is 13.2. The molecule has 7 heteroatoms. The second kappa shape index (κ2) is 7.37. The summed E-state index contributed by atoms with van der Waals surface area (Å²) < 4.78 is 31.8. The van der Waals surface area contributed by atoms with E-state index in [4.69, 9.17) is 16.0 Å². The lowest BCUT2D eigenvalue weighted by atomic mass is 9.95. The van der Waals surface area contributed by atoms with Crippen molar-refractivity contribution in [2.75, 3.05) is 11.4 Å². The Morgan fingerprint density at radius 2 is 1.81 bits per heavy atom. The first-order valence-electron chi connectivity index (χ1n) is 8.76. The zero-order valence-electron chi connectivity index (χ0n) is 14.5. The number of aromatic nitrogens is 1. The lowest BCUT2D eigenvalue weighted by Gasteiger charge is -2.39. The average Bonchev–Trinajstić information content (AvgIpc) is 3.23. The van der Waals surface area contributed by atoms with Crippen LogP contribution in [0.25, 0.3) is 0 Å². The molecule has 2 heterocycles. The predicted molar refractivity (Wildman–Crippen MR) is 105 cm³/mol. The van der Waals surface area contributed by atoms with Gasteiger partial charge in [0.25, 0.3) is 0 Å². The zero-order chi connectivity index (χ0) is 18.9. The molecular formula is C20H19ClN2O3S. The van der Waals surface area contributed by atoms with Gasteiger partial charge in [-0.1, -0.05) is 48.0 Å². The van der Waals surface area contributed by atoms with Gasteiger partial charge in [0.15, 0.2) is 16.2 Å². The third kappa shape index (κ3) is 3.47. The Labute approximate surface area is 163 Å². The number of piperidine rings is 1. The van der Waals surface area contributed by atoms with Gasteiger partial charge in [0.2, 0.25) is 5.88 Å². The van der Waals surface area contributed by atoms with Crippen LogP contribution in [0.1, 0.15) is 24.4 Å². The quantitative estimate of drug-likeness (QED) is 0.642. The summed E-state index contributed by atoms with van der Waals surface area (Å²) in [6, 6.07) is 16.0. The van der Waals surface area contributed by atoms with Crippen LogP contribution in [-0.2, 0) is 9.84 Å². The first kappa shape index (κ1) is 18.1. The number of benzene rings is 2. The number of oxazole rings is 1. The van der Waals surface area contributed by atoms with Gasteiger partial charge in [0.1, 0.15) is 0 Å². The summed E-state index contributed by atoms with van der Waals surface area (Å²) in [5.41, 5.74) is 0.892. The molecule has 3 aromatic rings. The molecule has 27 heavy (non-hydrogen) atoms. The van der Waals surface area contributed by atoms with E-state index in [2.05, 4.69) is 4.98 Å². The lowest BCUT2D eigenvalue weighted by Crippen LogP contribution is -2.41. The topological polar surface area (TPSA) is 63.4 Å².